The highest BCUT2D eigenvalue weighted by Crippen LogP contribution is 2.21. The van der Waals surface area contributed by atoms with E-state index in [9.17, 15) is 14.4 Å². The van der Waals surface area contributed by atoms with E-state index in [1.54, 1.807) is 11.4 Å². The molecule has 23 heavy (non-hydrogen) atoms. The van der Waals surface area contributed by atoms with Crippen LogP contribution < -0.4 is 5.56 Å². The standard InChI is InChI=1S/C14H16N2O5S2/c17-10(18)4-2-1-3-6-16-13(21)12-9(5-7-22-12)15-14(16)23-8-11(19)20/h5,7H,1-4,6,8H2,(H,17,18)(H,19,20). The fraction of sp³-hybridized carbons (Fsp3) is 0.429. The van der Waals surface area contributed by atoms with Crippen molar-refractivity contribution in [1.82, 2.24) is 9.55 Å². The van der Waals surface area contributed by atoms with Crippen molar-refractivity contribution in [2.24, 2.45) is 0 Å². The van der Waals surface area contributed by atoms with E-state index < -0.39 is 11.9 Å². The summed E-state index contributed by atoms with van der Waals surface area (Å²) in [5.41, 5.74) is 0.408. The van der Waals surface area contributed by atoms with Crippen LogP contribution in [0.5, 0.6) is 0 Å². The highest BCUT2D eigenvalue weighted by molar-refractivity contribution is 7.99. The second-order valence-electron chi connectivity index (χ2n) is 4.87. The van der Waals surface area contributed by atoms with Gasteiger partial charge in [-0.25, -0.2) is 4.98 Å². The molecular formula is C14H16N2O5S2. The van der Waals surface area contributed by atoms with Crippen LogP contribution in [-0.4, -0.2) is 37.5 Å². The molecule has 0 radical (unpaired) electrons. The first-order chi connectivity index (χ1) is 11.0. The first-order valence-corrected chi connectivity index (χ1v) is 8.90. The molecule has 0 atom stereocenters. The van der Waals surface area contributed by atoms with Crippen LogP contribution in [0.25, 0.3) is 10.2 Å². The number of nitrogens with zero attached hydrogens (tertiary/aromatic N) is 2. The number of aliphatic carboxylic acids is 2. The van der Waals surface area contributed by atoms with Gasteiger partial charge in [-0.2, -0.15) is 0 Å². The van der Waals surface area contributed by atoms with Gasteiger partial charge in [-0.15, -0.1) is 11.3 Å². The molecule has 124 valence electrons. The lowest BCUT2D eigenvalue weighted by atomic mass is 10.2. The first-order valence-electron chi connectivity index (χ1n) is 7.03. The number of carbonyl (C=O) groups is 2. The summed E-state index contributed by atoms with van der Waals surface area (Å²) in [5.74, 6) is -1.97. The van der Waals surface area contributed by atoms with E-state index in [2.05, 4.69) is 4.98 Å². The van der Waals surface area contributed by atoms with E-state index in [4.69, 9.17) is 10.2 Å². The van der Waals surface area contributed by atoms with Crippen LogP contribution in [-0.2, 0) is 16.1 Å². The SMILES string of the molecule is O=C(O)CCCCCn1c(SCC(=O)O)nc2ccsc2c1=O. The molecule has 0 saturated carbocycles. The van der Waals surface area contributed by atoms with Crippen LogP contribution in [0.2, 0.25) is 0 Å². The van der Waals surface area contributed by atoms with Crippen molar-refractivity contribution in [2.75, 3.05) is 5.75 Å². The summed E-state index contributed by atoms with van der Waals surface area (Å²) in [6.07, 6.45) is 1.99. The van der Waals surface area contributed by atoms with Crippen LogP contribution >= 0.6 is 23.1 Å². The monoisotopic (exact) mass is 356 g/mol. The average Bonchev–Trinajstić information content (AvgIpc) is 2.95. The lowest BCUT2D eigenvalue weighted by Crippen LogP contribution is -2.23. The minimum atomic E-state index is -0.970. The number of thiophene rings is 1. The van der Waals surface area contributed by atoms with E-state index in [-0.39, 0.29) is 17.7 Å². The molecule has 2 N–H and O–H groups in total. The summed E-state index contributed by atoms with van der Waals surface area (Å²) in [6.45, 7) is 0.404. The van der Waals surface area contributed by atoms with Gasteiger partial charge in [0.1, 0.15) is 4.70 Å². The molecule has 0 aromatic carbocycles. The van der Waals surface area contributed by atoms with Crippen molar-refractivity contribution in [1.29, 1.82) is 0 Å². The maximum atomic E-state index is 12.5. The Morgan fingerprint density at radius 2 is 2.00 bits per heavy atom. The zero-order valence-electron chi connectivity index (χ0n) is 12.2. The maximum absolute atomic E-state index is 12.5. The van der Waals surface area contributed by atoms with Gasteiger partial charge in [0.15, 0.2) is 5.16 Å². The molecule has 0 fully saturated rings. The Bertz CT molecular complexity index is 768. The Hall–Kier alpha value is -1.87. The van der Waals surface area contributed by atoms with Crippen molar-refractivity contribution in [2.45, 2.75) is 37.4 Å². The summed E-state index contributed by atoms with van der Waals surface area (Å²) in [5, 5.41) is 19.6. The van der Waals surface area contributed by atoms with E-state index in [1.807, 2.05) is 0 Å². The van der Waals surface area contributed by atoms with Gasteiger partial charge in [-0.3, -0.25) is 19.0 Å². The number of aromatic nitrogens is 2. The molecule has 7 nitrogen and oxygen atoms in total. The Labute approximate surface area is 140 Å². The molecule has 0 aliphatic carbocycles. The van der Waals surface area contributed by atoms with Gasteiger partial charge in [-0.1, -0.05) is 18.2 Å². The highest BCUT2D eigenvalue weighted by Gasteiger charge is 2.13. The van der Waals surface area contributed by atoms with Crippen LogP contribution in [0.3, 0.4) is 0 Å². The van der Waals surface area contributed by atoms with E-state index >= 15 is 0 Å². The first kappa shape index (κ1) is 17.5. The number of rotatable bonds is 9. The molecule has 9 heteroatoms. The second-order valence-corrected chi connectivity index (χ2v) is 6.73. The number of fused-ring (bicyclic) bond motifs is 1. The van der Waals surface area contributed by atoms with Gasteiger partial charge in [0.05, 0.1) is 11.3 Å². The molecule has 0 saturated heterocycles. The molecule has 0 aliphatic heterocycles. The Morgan fingerprint density at radius 3 is 2.70 bits per heavy atom. The molecule has 2 rings (SSSR count). The van der Waals surface area contributed by atoms with Gasteiger partial charge in [0.2, 0.25) is 0 Å². The van der Waals surface area contributed by atoms with Crippen LogP contribution in [0.4, 0.5) is 0 Å². The average molecular weight is 356 g/mol. The fourth-order valence-electron chi connectivity index (χ4n) is 2.08. The summed E-state index contributed by atoms with van der Waals surface area (Å²) in [4.78, 5) is 38.1. The van der Waals surface area contributed by atoms with Crippen molar-refractivity contribution in [3.05, 3.63) is 21.8 Å². The van der Waals surface area contributed by atoms with Crippen LogP contribution in [0.1, 0.15) is 25.7 Å². The number of hydrogen-bond acceptors (Lipinski definition) is 6. The summed E-state index contributed by atoms with van der Waals surface area (Å²) >= 11 is 2.33. The second kappa shape index (κ2) is 8.11. The summed E-state index contributed by atoms with van der Waals surface area (Å²) in [7, 11) is 0. The predicted octanol–water partition coefficient (Wildman–Crippen LogP) is 2.28. The number of carboxylic acid groups (broad SMARTS) is 2. The van der Waals surface area contributed by atoms with Gasteiger partial charge < -0.3 is 10.2 Å². The van der Waals surface area contributed by atoms with E-state index in [0.717, 1.165) is 11.8 Å². The van der Waals surface area contributed by atoms with E-state index in [1.165, 1.54) is 15.9 Å². The quantitative estimate of drug-likeness (QED) is 0.403. The van der Waals surface area contributed by atoms with E-state index in [0.29, 0.717) is 41.2 Å². The molecule has 2 heterocycles. The number of carboxylic acids is 2. The Kier molecular flexibility index (Phi) is 6.17. The third kappa shape index (κ3) is 4.80. The molecule has 0 spiro atoms. The molecule has 0 bridgehead atoms. The van der Waals surface area contributed by atoms with Crippen molar-refractivity contribution >= 4 is 45.3 Å². The van der Waals surface area contributed by atoms with Crippen molar-refractivity contribution in [3.63, 3.8) is 0 Å². The zero-order chi connectivity index (χ0) is 16.8. The van der Waals surface area contributed by atoms with Gasteiger partial charge in [0.25, 0.3) is 5.56 Å². The number of unbranched alkanes of at least 4 members (excludes halogenated alkanes) is 2. The molecular weight excluding hydrogens is 340 g/mol. The van der Waals surface area contributed by atoms with Crippen LogP contribution in [0.15, 0.2) is 21.4 Å². The Morgan fingerprint density at radius 1 is 1.22 bits per heavy atom. The minimum absolute atomic E-state index is 0.109. The van der Waals surface area contributed by atoms with Gasteiger partial charge in [0, 0.05) is 13.0 Å². The number of hydrogen-bond donors (Lipinski definition) is 2. The number of thioether (sulfide) groups is 1. The topological polar surface area (TPSA) is 109 Å². The molecule has 0 unspecified atom stereocenters. The normalized spacial score (nSPS) is 11.0. The molecule has 0 aliphatic rings. The predicted molar refractivity (Wildman–Crippen MR) is 88.3 cm³/mol. The Balaban J connectivity index is 2.15. The summed E-state index contributed by atoms with van der Waals surface area (Å²) in [6, 6.07) is 1.74. The molecule has 2 aromatic rings. The van der Waals surface area contributed by atoms with Crippen LogP contribution in [0, 0.1) is 0 Å². The van der Waals surface area contributed by atoms with Crippen molar-refractivity contribution < 1.29 is 19.8 Å². The molecule has 2 aromatic heterocycles. The lowest BCUT2D eigenvalue weighted by Gasteiger charge is -2.11. The minimum Gasteiger partial charge on any atom is -0.481 e. The lowest BCUT2D eigenvalue weighted by molar-refractivity contribution is -0.137. The largest absolute Gasteiger partial charge is 0.481 e. The van der Waals surface area contributed by atoms with Gasteiger partial charge in [-0.05, 0) is 24.3 Å². The third-order valence-corrected chi connectivity index (χ3v) is 4.98. The van der Waals surface area contributed by atoms with Crippen molar-refractivity contribution in [3.8, 4) is 0 Å². The van der Waals surface area contributed by atoms with Gasteiger partial charge >= 0.3 is 11.9 Å². The zero-order valence-corrected chi connectivity index (χ0v) is 13.9. The smallest absolute Gasteiger partial charge is 0.313 e. The maximum Gasteiger partial charge on any atom is 0.313 e. The third-order valence-electron chi connectivity index (χ3n) is 3.13. The fourth-order valence-corrected chi connectivity index (χ4v) is 3.60. The highest BCUT2D eigenvalue weighted by atomic mass is 32.2. The summed E-state index contributed by atoms with van der Waals surface area (Å²) < 4.78 is 2.04. The molecule has 0 amide bonds.